The molecule has 0 bridgehead atoms. The van der Waals surface area contributed by atoms with Crippen LogP contribution in [0.25, 0.3) is 16.0 Å². The van der Waals surface area contributed by atoms with Crippen LogP contribution in [0.2, 0.25) is 5.02 Å². The number of hydrogen-bond acceptors (Lipinski definition) is 6. The van der Waals surface area contributed by atoms with Crippen LogP contribution in [0.4, 0.5) is 5.13 Å². The maximum Gasteiger partial charge on any atom is 0.301 e. The molecule has 0 saturated carbocycles. The molecule has 1 unspecified atom stereocenters. The van der Waals surface area contributed by atoms with Gasteiger partial charge in [-0.2, -0.15) is 0 Å². The quantitative estimate of drug-likeness (QED) is 0.176. The van der Waals surface area contributed by atoms with Crippen molar-refractivity contribution >= 4 is 55.7 Å². The summed E-state index contributed by atoms with van der Waals surface area (Å²) in [6.07, 6.45) is 0. The monoisotopic (exact) mass is 532 g/mol. The fraction of sp³-hybridized carbons (Fsp3) is 0.207. The van der Waals surface area contributed by atoms with Gasteiger partial charge in [-0.15, -0.1) is 0 Å². The second-order valence-electron chi connectivity index (χ2n) is 9.88. The first-order valence-corrected chi connectivity index (χ1v) is 12.9. The third kappa shape index (κ3) is 4.49. The first-order valence-electron chi connectivity index (χ1n) is 11.7. The highest BCUT2D eigenvalue weighted by molar-refractivity contribution is 7.22. The molecule has 1 aliphatic rings. The van der Waals surface area contributed by atoms with Gasteiger partial charge >= 0.3 is 5.91 Å². The Hall–Kier alpha value is -3.68. The van der Waals surface area contributed by atoms with Crippen LogP contribution in [0.15, 0.2) is 72.3 Å². The van der Waals surface area contributed by atoms with Gasteiger partial charge in [-0.05, 0) is 59.0 Å². The number of methoxy groups -OCH3 is 1. The van der Waals surface area contributed by atoms with Crippen molar-refractivity contribution in [2.45, 2.75) is 32.2 Å². The molecular formula is C29H25ClN2O4S. The number of fused-ring (bicyclic) bond motifs is 1. The Labute approximate surface area is 223 Å². The van der Waals surface area contributed by atoms with E-state index in [0.717, 1.165) is 10.3 Å². The highest BCUT2D eigenvalue weighted by Crippen LogP contribution is 2.45. The number of thiazole rings is 1. The zero-order chi connectivity index (χ0) is 26.5. The summed E-state index contributed by atoms with van der Waals surface area (Å²) in [6.45, 7) is 6.35. The molecule has 1 saturated heterocycles. The minimum atomic E-state index is -0.854. The van der Waals surface area contributed by atoms with Gasteiger partial charge in [0.15, 0.2) is 5.13 Å². The maximum atomic E-state index is 13.5. The number of ketones is 1. The van der Waals surface area contributed by atoms with E-state index < -0.39 is 17.7 Å². The molecule has 188 valence electrons. The van der Waals surface area contributed by atoms with Crippen LogP contribution >= 0.6 is 22.9 Å². The summed E-state index contributed by atoms with van der Waals surface area (Å²) in [7, 11) is 1.58. The van der Waals surface area contributed by atoms with Crippen molar-refractivity contribution in [3.63, 3.8) is 0 Å². The third-order valence-corrected chi connectivity index (χ3v) is 7.71. The second kappa shape index (κ2) is 9.32. The number of carbonyl (C=O) groups excluding carboxylic acids is 2. The van der Waals surface area contributed by atoms with Gasteiger partial charge in [-0.25, -0.2) is 4.98 Å². The first kappa shape index (κ1) is 25.0. The predicted molar refractivity (Wildman–Crippen MR) is 148 cm³/mol. The molecule has 0 aliphatic carbocycles. The number of amides is 1. The molecule has 8 heteroatoms. The molecule has 6 nitrogen and oxygen atoms in total. The molecule has 1 N–H and O–H groups in total. The zero-order valence-electron chi connectivity index (χ0n) is 20.8. The van der Waals surface area contributed by atoms with Crippen LogP contribution in [0.1, 0.15) is 43.5 Å². The number of aromatic nitrogens is 1. The fourth-order valence-electron chi connectivity index (χ4n) is 4.40. The van der Waals surface area contributed by atoms with Crippen molar-refractivity contribution in [1.29, 1.82) is 0 Å². The van der Waals surface area contributed by atoms with Crippen molar-refractivity contribution in [3.05, 3.63) is 94.0 Å². The fourth-order valence-corrected chi connectivity index (χ4v) is 5.54. The van der Waals surface area contributed by atoms with Crippen LogP contribution < -0.4 is 9.64 Å². The van der Waals surface area contributed by atoms with Gasteiger partial charge < -0.3 is 9.84 Å². The van der Waals surface area contributed by atoms with Crippen molar-refractivity contribution in [2.24, 2.45) is 0 Å². The predicted octanol–water partition coefficient (Wildman–Crippen LogP) is 6.88. The van der Waals surface area contributed by atoms with Crippen LogP contribution in [-0.2, 0) is 15.0 Å². The van der Waals surface area contributed by atoms with Crippen molar-refractivity contribution in [3.8, 4) is 5.75 Å². The zero-order valence-corrected chi connectivity index (χ0v) is 22.4. The van der Waals surface area contributed by atoms with Crippen LogP contribution in [0.5, 0.6) is 5.75 Å². The number of hydrogen-bond donors (Lipinski definition) is 1. The lowest BCUT2D eigenvalue weighted by molar-refractivity contribution is -0.132. The molecule has 1 fully saturated rings. The van der Waals surface area contributed by atoms with E-state index in [1.807, 2.05) is 36.4 Å². The van der Waals surface area contributed by atoms with Crippen LogP contribution in [0.3, 0.4) is 0 Å². The van der Waals surface area contributed by atoms with Crippen molar-refractivity contribution in [1.82, 2.24) is 4.98 Å². The average molecular weight is 533 g/mol. The molecule has 1 atom stereocenters. The van der Waals surface area contributed by atoms with E-state index >= 15 is 0 Å². The van der Waals surface area contributed by atoms with Gasteiger partial charge in [0, 0.05) is 10.6 Å². The van der Waals surface area contributed by atoms with Gasteiger partial charge in [0.25, 0.3) is 5.78 Å². The summed E-state index contributed by atoms with van der Waals surface area (Å²) >= 11 is 7.31. The van der Waals surface area contributed by atoms with Gasteiger partial charge in [0.05, 0.1) is 28.9 Å². The lowest BCUT2D eigenvalue weighted by atomic mass is 9.85. The van der Waals surface area contributed by atoms with E-state index in [1.54, 1.807) is 37.4 Å². The van der Waals surface area contributed by atoms with Gasteiger partial charge in [0.2, 0.25) is 0 Å². The van der Waals surface area contributed by atoms with Crippen LogP contribution in [0, 0.1) is 0 Å². The third-order valence-electron chi connectivity index (χ3n) is 6.44. The molecule has 37 heavy (non-hydrogen) atoms. The average Bonchev–Trinajstić information content (AvgIpc) is 3.41. The van der Waals surface area contributed by atoms with E-state index in [1.165, 1.54) is 16.2 Å². The van der Waals surface area contributed by atoms with Crippen molar-refractivity contribution in [2.75, 3.05) is 12.0 Å². The number of ether oxygens (including phenoxy) is 1. The lowest BCUT2D eigenvalue weighted by Gasteiger charge is -2.24. The van der Waals surface area contributed by atoms with Gasteiger partial charge in [-0.3, -0.25) is 14.5 Å². The van der Waals surface area contributed by atoms with E-state index in [9.17, 15) is 14.7 Å². The minimum absolute atomic E-state index is 0.00710. The standard InChI is InChI=1S/C29H25ClN2O4S/c1-29(2,3)18-9-5-16(6-10-18)24-23(25(33)17-7-11-19(30)12-8-17)26(34)27(35)32(24)28-31-21-14-13-20(36-4)15-22(21)37-28/h5-15,24,33H,1-4H3/b25-23+. The molecule has 3 aromatic carbocycles. The normalized spacial score (nSPS) is 17.5. The van der Waals surface area contributed by atoms with Crippen molar-refractivity contribution < 1.29 is 19.4 Å². The molecular weight excluding hydrogens is 508 g/mol. The summed E-state index contributed by atoms with van der Waals surface area (Å²) in [4.78, 5) is 32.9. The Kier molecular flexibility index (Phi) is 6.30. The number of aliphatic hydroxyl groups is 1. The first-order chi connectivity index (χ1) is 17.6. The summed E-state index contributed by atoms with van der Waals surface area (Å²) in [6, 6.07) is 18.9. The second-order valence-corrected chi connectivity index (χ2v) is 11.3. The molecule has 1 aliphatic heterocycles. The summed E-state index contributed by atoms with van der Waals surface area (Å²) < 4.78 is 6.14. The molecule has 0 radical (unpaired) electrons. The Morgan fingerprint density at radius 1 is 1.03 bits per heavy atom. The number of halogens is 1. The molecule has 1 amide bonds. The molecule has 2 heterocycles. The van der Waals surface area contributed by atoms with Crippen LogP contribution in [-0.4, -0.2) is 28.9 Å². The smallest absolute Gasteiger partial charge is 0.301 e. The topological polar surface area (TPSA) is 79.7 Å². The molecule has 1 aromatic heterocycles. The number of aliphatic hydroxyl groups excluding tert-OH is 1. The van der Waals surface area contributed by atoms with Gasteiger partial charge in [-0.1, -0.05) is 68.0 Å². The van der Waals surface area contributed by atoms with E-state index in [0.29, 0.717) is 32.5 Å². The number of rotatable bonds is 4. The lowest BCUT2D eigenvalue weighted by Crippen LogP contribution is -2.29. The number of anilines is 1. The SMILES string of the molecule is COc1ccc2nc(N3C(=O)C(=O)/C(=C(/O)c4ccc(Cl)cc4)C3c3ccc(C(C)(C)C)cc3)sc2c1. The summed E-state index contributed by atoms with van der Waals surface area (Å²) in [5.41, 5.74) is 2.82. The highest BCUT2D eigenvalue weighted by atomic mass is 35.5. The van der Waals surface area contributed by atoms with Gasteiger partial charge in [0.1, 0.15) is 11.5 Å². The van der Waals surface area contributed by atoms with E-state index in [-0.39, 0.29) is 16.7 Å². The Bertz CT molecular complexity index is 1550. The Morgan fingerprint density at radius 2 is 1.70 bits per heavy atom. The summed E-state index contributed by atoms with van der Waals surface area (Å²) in [5, 5.41) is 12.2. The minimum Gasteiger partial charge on any atom is -0.507 e. The largest absolute Gasteiger partial charge is 0.507 e. The number of benzene rings is 3. The number of carbonyl (C=O) groups is 2. The molecule has 5 rings (SSSR count). The Balaban J connectivity index is 1.70. The van der Waals surface area contributed by atoms with E-state index in [2.05, 4.69) is 25.8 Å². The molecule has 0 spiro atoms. The summed E-state index contributed by atoms with van der Waals surface area (Å²) in [5.74, 6) is -1.10. The maximum absolute atomic E-state index is 13.5. The highest BCUT2D eigenvalue weighted by Gasteiger charge is 2.48. The molecule has 4 aromatic rings. The van der Waals surface area contributed by atoms with E-state index in [4.69, 9.17) is 16.3 Å². The number of nitrogens with zero attached hydrogens (tertiary/aromatic N) is 2. The Morgan fingerprint density at radius 3 is 2.32 bits per heavy atom. The number of Topliss-reactive ketones (excluding diaryl/α,β-unsaturated/α-hetero) is 1.